The van der Waals surface area contributed by atoms with E-state index in [1.807, 2.05) is 11.8 Å². The summed E-state index contributed by atoms with van der Waals surface area (Å²) >= 11 is 1.96. The Balaban J connectivity index is 1.42. The van der Waals surface area contributed by atoms with Crippen LogP contribution in [0.15, 0.2) is 29.3 Å². The molecule has 1 aromatic carbocycles. The third-order valence-electron chi connectivity index (χ3n) is 3.60. The Bertz CT molecular complexity index is 452. The molecule has 18 heavy (non-hydrogen) atoms. The van der Waals surface area contributed by atoms with E-state index in [9.17, 15) is 0 Å². The molecule has 0 bridgehead atoms. The third-order valence-corrected chi connectivity index (χ3v) is 4.93. The quantitative estimate of drug-likeness (QED) is 0.900. The van der Waals surface area contributed by atoms with Gasteiger partial charge in [0.15, 0.2) is 5.17 Å². The molecule has 1 heterocycles. The summed E-state index contributed by atoms with van der Waals surface area (Å²) in [4.78, 5) is 4.60. The van der Waals surface area contributed by atoms with Crippen LogP contribution in [0.5, 0.6) is 0 Å². The van der Waals surface area contributed by atoms with E-state index in [1.165, 1.54) is 29.1 Å². The minimum atomic E-state index is 0.770. The molecule has 1 fully saturated rings. The lowest BCUT2D eigenvalue weighted by atomic mass is 10.1. The standard InChI is InChI=1S/C15H20N2S/c1-11-3-2-4-12(9-11)7-8-16-15-17-10-14(18-15)13-5-6-13/h2-4,9,13-14H,5-8,10H2,1H3,(H,16,17). The van der Waals surface area contributed by atoms with Crippen LogP contribution in [0.2, 0.25) is 0 Å². The highest BCUT2D eigenvalue weighted by molar-refractivity contribution is 8.14. The molecule has 0 radical (unpaired) electrons. The highest BCUT2D eigenvalue weighted by atomic mass is 32.2. The van der Waals surface area contributed by atoms with Gasteiger partial charge < -0.3 is 5.32 Å². The zero-order valence-corrected chi connectivity index (χ0v) is 11.7. The first-order valence-electron chi connectivity index (χ1n) is 6.82. The molecule has 3 heteroatoms. The van der Waals surface area contributed by atoms with Crippen LogP contribution in [0.1, 0.15) is 24.0 Å². The lowest BCUT2D eigenvalue weighted by molar-refractivity contribution is 0.771. The number of aliphatic imine (C=N–C) groups is 1. The van der Waals surface area contributed by atoms with Gasteiger partial charge in [-0.15, -0.1) is 0 Å². The molecule has 1 aliphatic heterocycles. The third kappa shape index (κ3) is 3.08. The molecule has 2 aliphatic rings. The van der Waals surface area contributed by atoms with Gasteiger partial charge in [0, 0.05) is 11.8 Å². The molecule has 1 saturated carbocycles. The molecule has 0 saturated heterocycles. The number of hydrogen-bond donors (Lipinski definition) is 1. The number of benzene rings is 1. The van der Waals surface area contributed by atoms with Crippen LogP contribution in [-0.4, -0.2) is 23.5 Å². The average molecular weight is 260 g/mol. The predicted octanol–water partition coefficient (Wildman–Crippen LogP) is 3.01. The highest BCUT2D eigenvalue weighted by Gasteiger charge is 2.35. The van der Waals surface area contributed by atoms with Crippen molar-refractivity contribution in [3.8, 4) is 0 Å². The first kappa shape index (κ1) is 12.1. The zero-order chi connectivity index (χ0) is 12.4. The fraction of sp³-hybridized carbons (Fsp3) is 0.533. The Morgan fingerprint density at radius 1 is 1.39 bits per heavy atom. The van der Waals surface area contributed by atoms with E-state index in [0.717, 1.165) is 30.7 Å². The lowest BCUT2D eigenvalue weighted by Gasteiger charge is -2.08. The van der Waals surface area contributed by atoms with Crippen LogP contribution in [0.4, 0.5) is 0 Å². The molecule has 96 valence electrons. The van der Waals surface area contributed by atoms with Crippen molar-refractivity contribution in [1.82, 2.24) is 5.32 Å². The number of amidine groups is 1. The number of nitrogens with one attached hydrogen (secondary N) is 1. The Kier molecular flexibility index (Phi) is 3.59. The number of aryl methyl sites for hydroxylation is 1. The summed E-state index contributed by atoms with van der Waals surface area (Å²) in [6, 6.07) is 8.74. The van der Waals surface area contributed by atoms with Crippen LogP contribution in [0.3, 0.4) is 0 Å². The molecule has 1 atom stereocenters. The lowest BCUT2D eigenvalue weighted by Crippen LogP contribution is -2.22. The van der Waals surface area contributed by atoms with E-state index in [-0.39, 0.29) is 0 Å². The Labute approximate surface area is 113 Å². The molecule has 3 rings (SSSR count). The van der Waals surface area contributed by atoms with Gasteiger partial charge in [-0.2, -0.15) is 0 Å². The smallest absolute Gasteiger partial charge is 0.156 e. The SMILES string of the molecule is Cc1cccc(CCNC2=NCC(C3CC3)S2)c1. The average Bonchev–Trinajstić information content (AvgIpc) is 3.10. The molecular formula is C15H20N2S. The Hall–Kier alpha value is -0.960. The molecule has 1 unspecified atom stereocenters. The minimum Gasteiger partial charge on any atom is -0.365 e. The number of thioether (sulfide) groups is 1. The molecule has 2 nitrogen and oxygen atoms in total. The van der Waals surface area contributed by atoms with Gasteiger partial charge in [-0.3, -0.25) is 4.99 Å². The van der Waals surface area contributed by atoms with Crippen molar-refractivity contribution in [1.29, 1.82) is 0 Å². The van der Waals surface area contributed by atoms with E-state index < -0.39 is 0 Å². The number of hydrogen-bond acceptors (Lipinski definition) is 3. The van der Waals surface area contributed by atoms with Gasteiger partial charge in [-0.25, -0.2) is 0 Å². The van der Waals surface area contributed by atoms with Crippen molar-refractivity contribution in [3.05, 3.63) is 35.4 Å². The normalized spacial score (nSPS) is 22.9. The summed E-state index contributed by atoms with van der Waals surface area (Å²) in [5.74, 6) is 0.954. The van der Waals surface area contributed by atoms with Crippen LogP contribution in [0, 0.1) is 12.8 Å². The van der Waals surface area contributed by atoms with Crippen molar-refractivity contribution >= 4 is 16.9 Å². The maximum Gasteiger partial charge on any atom is 0.156 e. The largest absolute Gasteiger partial charge is 0.365 e. The van der Waals surface area contributed by atoms with E-state index >= 15 is 0 Å². The highest BCUT2D eigenvalue weighted by Crippen LogP contribution is 2.41. The van der Waals surface area contributed by atoms with Gasteiger partial charge in [0.1, 0.15) is 0 Å². The predicted molar refractivity (Wildman–Crippen MR) is 79.3 cm³/mol. The summed E-state index contributed by atoms with van der Waals surface area (Å²) in [6.07, 6.45) is 3.92. The van der Waals surface area contributed by atoms with Gasteiger partial charge >= 0.3 is 0 Å². The van der Waals surface area contributed by atoms with Gasteiger partial charge in [-0.1, -0.05) is 41.6 Å². The van der Waals surface area contributed by atoms with Crippen molar-refractivity contribution in [2.45, 2.75) is 31.4 Å². The van der Waals surface area contributed by atoms with Crippen molar-refractivity contribution in [3.63, 3.8) is 0 Å². The number of nitrogens with zero attached hydrogens (tertiary/aromatic N) is 1. The fourth-order valence-corrected chi connectivity index (χ4v) is 3.62. The molecule has 1 aromatic rings. The minimum absolute atomic E-state index is 0.770. The summed E-state index contributed by atoms with van der Waals surface area (Å²) in [6.45, 7) is 4.17. The van der Waals surface area contributed by atoms with Gasteiger partial charge in [0.05, 0.1) is 6.54 Å². The van der Waals surface area contributed by atoms with Gasteiger partial charge in [-0.05, 0) is 37.7 Å². The van der Waals surface area contributed by atoms with E-state index in [0.29, 0.717) is 0 Å². The first-order valence-corrected chi connectivity index (χ1v) is 7.70. The summed E-state index contributed by atoms with van der Waals surface area (Å²) in [5, 5.41) is 5.41. The van der Waals surface area contributed by atoms with Gasteiger partial charge in [0.25, 0.3) is 0 Å². The molecule has 1 aliphatic carbocycles. The Morgan fingerprint density at radius 3 is 3.06 bits per heavy atom. The molecule has 0 aromatic heterocycles. The monoisotopic (exact) mass is 260 g/mol. The second-order valence-electron chi connectivity index (χ2n) is 5.31. The maximum absolute atomic E-state index is 4.60. The van der Waals surface area contributed by atoms with Crippen LogP contribution in [0.25, 0.3) is 0 Å². The van der Waals surface area contributed by atoms with Gasteiger partial charge in [0.2, 0.25) is 0 Å². The molecule has 0 spiro atoms. The summed E-state index contributed by atoms with van der Waals surface area (Å²) in [5.41, 5.74) is 2.75. The maximum atomic E-state index is 4.60. The van der Waals surface area contributed by atoms with Crippen molar-refractivity contribution < 1.29 is 0 Å². The first-order chi connectivity index (χ1) is 8.81. The van der Waals surface area contributed by atoms with Crippen molar-refractivity contribution in [2.75, 3.05) is 13.1 Å². The molecular weight excluding hydrogens is 240 g/mol. The van der Waals surface area contributed by atoms with E-state index in [1.54, 1.807) is 0 Å². The zero-order valence-electron chi connectivity index (χ0n) is 10.9. The summed E-state index contributed by atoms with van der Waals surface area (Å²) in [7, 11) is 0. The van der Waals surface area contributed by atoms with Crippen LogP contribution < -0.4 is 5.32 Å². The van der Waals surface area contributed by atoms with Crippen molar-refractivity contribution in [2.24, 2.45) is 10.9 Å². The van der Waals surface area contributed by atoms with E-state index in [4.69, 9.17) is 0 Å². The topological polar surface area (TPSA) is 24.4 Å². The molecule has 0 amide bonds. The van der Waals surface area contributed by atoms with E-state index in [2.05, 4.69) is 41.5 Å². The Morgan fingerprint density at radius 2 is 2.28 bits per heavy atom. The van der Waals surface area contributed by atoms with Crippen LogP contribution in [-0.2, 0) is 6.42 Å². The molecule has 1 N–H and O–H groups in total. The fourth-order valence-electron chi connectivity index (χ4n) is 2.38. The second kappa shape index (κ2) is 5.35. The second-order valence-corrected chi connectivity index (χ2v) is 6.53. The summed E-state index contributed by atoms with van der Waals surface area (Å²) < 4.78 is 0. The number of rotatable bonds is 4. The van der Waals surface area contributed by atoms with Crippen LogP contribution >= 0.6 is 11.8 Å².